The average molecular weight is 358 g/mol. The van der Waals surface area contributed by atoms with Crippen molar-refractivity contribution in [2.24, 2.45) is 5.92 Å². The predicted molar refractivity (Wildman–Crippen MR) is 101 cm³/mol. The first-order valence-electron chi connectivity index (χ1n) is 9.84. The molecule has 1 unspecified atom stereocenters. The van der Waals surface area contributed by atoms with E-state index in [4.69, 9.17) is 4.74 Å². The number of rotatable bonds is 4. The van der Waals surface area contributed by atoms with Gasteiger partial charge < -0.3 is 20.3 Å². The molecule has 1 aromatic rings. The van der Waals surface area contributed by atoms with Crippen LogP contribution >= 0.6 is 0 Å². The van der Waals surface area contributed by atoms with Crippen LogP contribution in [0.1, 0.15) is 17.5 Å². The minimum atomic E-state index is 0.0678. The molecule has 3 heterocycles. The van der Waals surface area contributed by atoms with Gasteiger partial charge >= 0.3 is 6.03 Å². The summed E-state index contributed by atoms with van der Waals surface area (Å²) in [6.45, 7) is 9.04. The maximum Gasteiger partial charge on any atom is 0.317 e. The molecule has 3 aliphatic rings. The summed E-state index contributed by atoms with van der Waals surface area (Å²) in [6.07, 6.45) is 1.19. The summed E-state index contributed by atoms with van der Waals surface area (Å²) in [7, 11) is 0. The van der Waals surface area contributed by atoms with Gasteiger partial charge in [0, 0.05) is 51.9 Å². The van der Waals surface area contributed by atoms with E-state index in [-0.39, 0.29) is 12.1 Å². The Morgan fingerprint density at radius 3 is 2.96 bits per heavy atom. The number of nitrogens with one attached hydrogen (secondary N) is 2. The molecule has 3 aliphatic heterocycles. The fraction of sp³-hybridized carbons (Fsp3) is 0.650. The summed E-state index contributed by atoms with van der Waals surface area (Å²) in [5, 5.41) is 6.50. The fourth-order valence-electron chi connectivity index (χ4n) is 4.40. The van der Waals surface area contributed by atoms with Crippen LogP contribution in [0, 0.1) is 12.8 Å². The largest absolute Gasteiger partial charge is 0.374 e. The SMILES string of the molecule is Cc1ccc(CN2CCOC(CNC(=O)N3CC[C@@H]4CNC[C@@H]43)C2)cc1. The van der Waals surface area contributed by atoms with E-state index >= 15 is 0 Å². The number of hydrogen-bond donors (Lipinski definition) is 2. The quantitative estimate of drug-likeness (QED) is 0.849. The van der Waals surface area contributed by atoms with Gasteiger partial charge in [-0.15, -0.1) is 0 Å². The molecule has 3 fully saturated rings. The van der Waals surface area contributed by atoms with Gasteiger partial charge in [-0.1, -0.05) is 29.8 Å². The summed E-state index contributed by atoms with van der Waals surface area (Å²) in [4.78, 5) is 17.0. The molecule has 3 atom stereocenters. The maximum absolute atomic E-state index is 12.6. The lowest BCUT2D eigenvalue weighted by Crippen LogP contribution is -2.51. The number of hydrogen-bond acceptors (Lipinski definition) is 4. The van der Waals surface area contributed by atoms with E-state index in [9.17, 15) is 4.79 Å². The minimum Gasteiger partial charge on any atom is -0.374 e. The van der Waals surface area contributed by atoms with Crippen molar-refractivity contribution in [2.45, 2.75) is 32.0 Å². The third-order valence-electron chi connectivity index (χ3n) is 5.94. The van der Waals surface area contributed by atoms with Crippen LogP contribution in [0.5, 0.6) is 0 Å². The van der Waals surface area contributed by atoms with E-state index in [0.717, 1.165) is 52.3 Å². The Kier molecular flexibility index (Phi) is 5.43. The van der Waals surface area contributed by atoms with Crippen molar-refractivity contribution < 1.29 is 9.53 Å². The van der Waals surface area contributed by atoms with Crippen molar-refractivity contribution >= 4 is 6.03 Å². The molecule has 0 aliphatic carbocycles. The molecule has 6 nitrogen and oxygen atoms in total. The summed E-state index contributed by atoms with van der Waals surface area (Å²) in [5.41, 5.74) is 2.62. The van der Waals surface area contributed by atoms with Gasteiger partial charge in [0.25, 0.3) is 0 Å². The zero-order chi connectivity index (χ0) is 17.9. The molecular weight excluding hydrogens is 328 g/mol. The first-order valence-corrected chi connectivity index (χ1v) is 9.84. The number of ether oxygens (including phenoxy) is 1. The zero-order valence-corrected chi connectivity index (χ0v) is 15.6. The van der Waals surface area contributed by atoms with Gasteiger partial charge in [-0.3, -0.25) is 4.90 Å². The summed E-state index contributed by atoms with van der Waals surface area (Å²) in [6, 6.07) is 9.16. The Morgan fingerprint density at radius 1 is 1.27 bits per heavy atom. The van der Waals surface area contributed by atoms with E-state index in [1.807, 2.05) is 4.90 Å². The topological polar surface area (TPSA) is 56.8 Å². The molecule has 26 heavy (non-hydrogen) atoms. The molecule has 0 aromatic heterocycles. The van der Waals surface area contributed by atoms with Crippen LogP contribution in [0.3, 0.4) is 0 Å². The van der Waals surface area contributed by atoms with Crippen molar-refractivity contribution in [3.8, 4) is 0 Å². The zero-order valence-electron chi connectivity index (χ0n) is 15.6. The highest BCUT2D eigenvalue weighted by Crippen LogP contribution is 2.26. The normalized spacial score (nSPS) is 29.0. The van der Waals surface area contributed by atoms with Gasteiger partial charge in [0.05, 0.1) is 12.7 Å². The van der Waals surface area contributed by atoms with Crippen LogP contribution in [0.4, 0.5) is 4.79 Å². The van der Waals surface area contributed by atoms with Gasteiger partial charge in [0.1, 0.15) is 0 Å². The standard InChI is InChI=1S/C20H30N4O2/c1-15-2-4-16(5-3-15)13-23-8-9-26-18(14-23)11-22-20(25)24-7-6-17-10-21-12-19(17)24/h2-5,17-19,21H,6-14H2,1H3,(H,22,25)/t17-,18?,19+/m1/s1. The number of benzene rings is 1. The molecule has 0 spiro atoms. The lowest BCUT2D eigenvalue weighted by Gasteiger charge is -2.33. The molecule has 6 heteroatoms. The van der Waals surface area contributed by atoms with E-state index in [1.54, 1.807) is 0 Å². The van der Waals surface area contributed by atoms with Gasteiger partial charge in [-0.25, -0.2) is 4.79 Å². The summed E-state index contributed by atoms with van der Waals surface area (Å²) >= 11 is 0. The highest BCUT2D eigenvalue weighted by atomic mass is 16.5. The molecule has 0 radical (unpaired) electrons. The second-order valence-corrected chi connectivity index (χ2v) is 7.87. The Bertz CT molecular complexity index is 621. The fourth-order valence-corrected chi connectivity index (χ4v) is 4.40. The molecule has 4 rings (SSSR count). The van der Waals surface area contributed by atoms with Crippen molar-refractivity contribution in [1.82, 2.24) is 20.4 Å². The van der Waals surface area contributed by atoms with Crippen molar-refractivity contribution in [1.29, 1.82) is 0 Å². The van der Waals surface area contributed by atoms with Gasteiger partial charge in [0.15, 0.2) is 0 Å². The molecule has 2 amide bonds. The number of carbonyl (C=O) groups is 1. The van der Waals surface area contributed by atoms with Crippen LogP contribution in [0.2, 0.25) is 0 Å². The molecule has 0 bridgehead atoms. The van der Waals surface area contributed by atoms with Gasteiger partial charge in [-0.2, -0.15) is 0 Å². The maximum atomic E-state index is 12.6. The van der Waals surface area contributed by atoms with E-state index < -0.39 is 0 Å². The van der Waals surface area contributed by atoms with Gasteiger partial charge in [0.2, 0.25) is 0 Å². The average Bonchev–Trinajstić information content (AvgIpc) is 3.26. The third kappa shape index (κ3) is 4.03. The highest BCUT2D eigenvalue weighted by Gasteiger charge is 2.40. The summed E-state index contributed by atoms with van der Waals surface area (Å²) in [5.74, 6) is 0.636. The Balaban J connectivity index is 1.24. The van der Waals surface area contributed by atoms with Gasteiger partial charge in [-0.05, 0) is 24.8 Å². The van der Waals surface area contributed by atoms with Crippen LogP contribution < -0.4 is 10.6 Å². The van der Waals surface area contributed by atoms with Crippen LogP contribution in [0.15, 0.2) is 24.3 Å². The molecule has 0 saturated carbocycles. The van der Waals surface area contributed by atoms with Crippen LogP contribution in [-0.4, -0.2) is 73.9 Å². The van der Waals surface area contributed by atoms with Crippen molar-refractivity contribution in [2.75, 3.05) is 45.9 Å². The number of amides is 2. The van der Waals surface area contributed by atoms with Crippen molar-refractivity contribution in [3.05, 3.63) is 35.4 Å². The number of aryl methyl sites for hydroxylation is 1. The number of urea groups is 1. The Labute approximate surface area is 155 Å². The third-order valence-corrected chi connectivity index (χ3v) is 5.94. The van der Waals surface area contributed by atoms with Crippen molar-refractivity contribution in [3.63, 3.8) is 0 Å². The number of fused-ring (bicyclic) bond motifs is 1. The second kappa shape index (κ2) is 7.94. The highest BCUT2D eigenvalue weighted by molar-refractivity contribution is 5.75. The predicted octanol–water partition coefficient (Wildman–Crippen LogP) is 1.20. The molecule has 2 N–H and O–H groups in total. The van der Waals surface area contributed by atoms with E-state index in [2.05, 4.69) is 46.7 Å². The molecular formula is C20H30N4O2. The number of carbonyl (C=O) groups excluding carboxylic acids is 1. The molecule has 1 aromatic carbocycles. The second-order valence-electron chi connectivity index (χ2n) is 7.87. The summed E-state index contributed by atoms with van der Waals surface area (Å²) < 4.78 is 5.88. The number of morpholine rings is 1. The molecule has 3 saturated heterocycles. The van der Waals surface area contributed by atoms with E-state index in [0.29, 0.717) is 18.5 Å². The number of likely N-dealkylation sites (tertiary alicyclic amines) is 1. The smallest absolute Gasteiger partial charge is 0.317 e. The van der Waals surface area contributed by atoms with Crippen LogP contribution in [-0.2, 0) is 11.3 Å². The lowest BCUT2D eigenvalue weighted by atomic mass is 10.1. The first kappa shape index (κ1) is 17.8. The molecule has 142 valence electrons. The lowest BCUT2D eigenvalue weighted by molar-refractivity contribution is -0.0291. The minimum absolute atomic E-state index is 0.0678. The monoisotopic (exact) mass is 358 g/mol. The Morgan fingerprint density at radius 2 is 2.12 bits per heavy atom. The number of nitrogens with zero attached hydrogens (tertiary/aromatic N) is 2. The Hall–Kier alpha value is -1.63. The first-order chi connectivity index (χ1) is 12.7. The van der Waals surface area contributed by atoms with E-state index in [1.165, 1.54) is 11.1 Å². The van der Waals surface area contributed by atoms with Crippen LogP contribution in [0.25, 0.3) is 0 Å².